The molecule has 0 unspecified atom stereocenters. The van der Waals surface area contributed by atoms with E-state index in [0.29, 0.717) is 5.75 Å². The Morgan fingerprint density at radius 2 is 1.61 bits per heavy atom. The fraction of sp³-hybridized carbons (Fsp3) is 0.556. The Hall–Kier alpha value is -3.86. The Balaban J connectivity index is 1.18. The SMILES string of the molecule is CC(=O)OC[C@@]1(C)[C@H](C(=O)OCOC(=O)[C@@H]2N3C(=O)[C@@H](NC(=O)COc4ccccc4)[C@H]3SC2(C)C)N2C(=O)C[C@H]2S1(=O)=O. The fourth-order valence-electron chi connectivity index (χ4n) is 5.81. The summed E-state index contributed by atoms with van der Waals surface area (Å²) in [5.41, 5.74) is 0. The fourth-order valence-corrected chi connectivity index (χ4v) is 9.70. The molecule has 4 heterocycles. The van der Waals surface area contributed by atoms with Gasteiger partial charge in [-0.3, -0.25) is 19.2 Å². The minimum Gasteiger partial charge on any atom is -0.484 e. The molecule has 0 aliphatic carbocycles. The van der Waals surface area contributed by atoms with Crippen LogP contribution in [0.3, 0.4) is 0 Å². The number of para-hydroxylation sites is 1. The Morgan fingerprint density at radius 1 is 0.977 bits per heavy atom. The second kappa shape index (κ2) is 11.3. The van der Waals surface area contributed by atoms with Crippen molar-refractivity contribution in [1.82, 2.24) is 15.1 Å². The molecule has 5 rings (SSSR count). The first-order chi connectivity index (χ1) is 20.6. The zero-order chi connectivity index (χ0) is 32.2. The van der Waals surface area contributed by atoms with Gasteiger partial charge in [-0.05, 0) is 32.9 Å². The van der Waals surface area contributed by atoms with E-state index in [1.165, 1.54) is 23.6 Å². The number of benzene rings is 1. The monoisotopic (exact) mass is 653 g/mol. The van der Waals surface area contributed by atoms with Crippen molar-refractivity contribution in [3.63, 3.8) is 0 Å². The van der Waals surface area contributed by atoms with Crippen LogP contribution >= 0.6 is 11.8 Å². The van der Waals surface area contributed by atoms with Crippen molar-refractivity contribution in [1.29, 1.82) is 0 Å². The van der Waals surface area contributed by atoms with Gasteiger partial charge < -0.3 is 34.1 Å². The minimum absolute atomic E-state index is 0.308. The molecule has 0 radical (unpaired) electrons. The van der Waals surface area contributed by atoms with Gasteiger partial charge >= 0.3 is 17.9 Å². The molecule has 0 aromatic heterocycles. The molecule has 1 N–H and O–H groups in total. The van der Waals surface area contributed by atoms with Gasteiger partial charge in [0.2, 0.25) is 18.6 Å². The summed E-state index contributed by atoms with van der Waals surface area (Å²) in [5, 5.41) is 0.811. The molecule has 0 spiro atoms. The molecule has 1 aromatic carbocycles. The molecule has 17 heteroatoms. The van der Waals surface area contributed by atoms with Crippen LogP contribution in [-0.2, 0) is 52.8 Å². The van der Waals surface area contributed by atoms with Gasteiger partial charge in [0.25, 0.3) is 5.91 Å². The van der Waals surface area contributed by atoms with Crippen molar-refractivity contribution in [2.75, 3.05) is 20.0 Å². The second-order valence-corrected chi connectivity index (χ2v) is 15.8. The topological polar surface area (TPSA) is 192 Å². The number of hydrogen-bond donors (Lipinski definition) is 1. The van der Waals surface area contributed by atoms with Crippen LogP contribution in [0.1, 0.15) is 34.1 Å². The lowest BCUT2D eigenvalue weighted by Crippen LogP contribution is -2.71. The molecule has 4 saturated heterocycles. The van der Waals surface area contributed by atoms with Crippen molar-refractivity contribution in [2.45, 2.75) is 72.5 Å². The van der Waals surface area contributed by atoms with Crippen LogP contribution in [0.25, 0.3) is 0 Å². The highest BCUT2D eigenvalue weighted by Crippen LogP contribution is 2.51. The number of nitrogens with one attached hydrogen (secondary N) is 1. The zero-order valence-corrected chi connectivity index (χ0v) is 25.8. The molecule has 4 fully saturated rings. The maximum Gasteiger partial charge on any atom is 0.333 e. The van der Waals surface area contributed by atoms with Gasteiger partial charge in [-0.25, -0.2) is 18.0 Å². The molecule has 3 amide bonds. The molecular weight excluding hydrogens is 622 g/mol. The van der Waals surface area contributed by atoms with Crippen molar-refractivity contribution in [3.05, 3.63) is 30.3 Å². The lowest BCUT2D eigenvalue weighted by molar-refractivity contribution is -0.182. The number of carbonyl (C=O) groups is 6. The summed E-state index contributed by atoms with van der Waals surface area (Å²) >= 11 is 1.29. The predicted octanol–water partition coefficient (Wildman–Crippen LogP) is -0.666. The van der Waals surface area contributed by atoms with Crippen LogP contribution in [-0.4, -0.2) is 112 Å². The van der Waals surface area contributed by atoms with Crippen LogP contribution in [0.5, 0.6) is 5.75 Å². The average molecular weight is 654 g/mol. The van der Waals surface area contributed by atoms with E-state index in [1.54, 1.807) is 44.2 Å². The van der Waals surface area contributed by atoms with Crippen molar-refractivity contribution < 1.29 is 56.1 Å². The lowest BCUT2D eigenvalue weighted by atomic mass is 9.96. The Kier molecular flexibility index (Phi) is 8.07. The predicted molar refractivity (Wildman–Crippen MR) is 150 cm³/mol. The highest BCUT2D eigenvalue weighted by Gasteiger charge is 2.71. The number of amides is 3. The van der Waals surface area contributed by atoms with Gasteiger partial charge in [0.05, 0.1) is 6.42 Å². The quantitative estimate of drug-likeness (QED) is 0.190. The lowest BCUT2D eigenvalue weighted by Gasteiger charge is -2.43. The maximum absolute atomic E-state index is 13.1. The minimum atomic E-state index is -4.13. The van der Waals surface area contributed by atoms with Crippen LogP contribution in [0, 0.1) is 0 Å². The van der Waals surface area contributed by atoms with E-state index in [1.807, 2.05) is 0 Å². The smallest absolute Gasteiger partial charge is 0.333 e. The number of rotatable bonds is 10. The summed E-state index contributed by atoms with van der Waals surface area (Å²) in [4.78, 5) is 77.5. The van der Waals surface area contributed by atoms with E-state index >= 15 is 0 Å². The van der Waals surface area contributed by atoms with Crippen LogP contribution in [0.15, 0.2) is 30.3 Å². The number of nitrogens with zero attached hydrogens (tertiary/aromatic N) is 2. The molecule has 0 saturated carbocycles. The molecular formula is C27H31N3O12S2. The first-order valence-electron chi connectivity index (χ1n) is 13.6. The third-order valence-electron chi connectivity index (χ3n) is 8.09. The van der Waals surface area contributed by atoms with E-state index in [0.717, 1.165) is 11.8 Å². The number of β-lactam (4-membered cyclic amide) rings is 2. The van der Waals surface area contributed by atoms with E-state index in [-0.39, 0.29) is 13.0 Å². The Labute approximate surface area is 256 Å². The van der Waals surface area contributed by atoms with Gasteiger partial charge in [0, 0.05) is 11.7 Å². The average Bonchev–Trinajstić information content (AvgIpc) is 3.29. The number of thioether (sulfide) groups is 1. The van der Waals surface area contributed by atoms with Crippen LogP contribution in [0.2, 0.25) is 0 Å². The number of fused-ring (bicyclic) bond motifs is 2. The summed E-state index contributed by atoms with van der Waals surface area (Å²) in [6.45, 7) is 3.78. The summed E-state index contributed by atoms with van der Waals surface area (Å²) in [7, 11) is -4.13. The summed E-state index contributed by atoms with van der Waals surface area (Å²) in [6, 6.07) is 5.07. The summed E-state index contributed by atoms with van der Waals surface area (Å²) in [5.74, 6) is -3.94. The van der Waals surface area contributed by atoms with E-state index in [4.69, 9.17) is 18.9 Å². The highest BCUT2D eigenvalue weighted by atomic mass is 32.2. The first kappa shape index (κ1) is 31.6. The largest absolute Gasteiger partial charge is 0.484 e. The molecule has 4 aliphatic rings. The maximum atomic E-state index is 13.1. The number of hydrogen-bond acceptors (Lipinski definition) is 13. The standard InChI is InChI=1S/C27H31N3O12S2/c1-14(31)40-12-27(4)21(29-17(33)10-18(29)44(27,37)38)25(36)42-13-41-24(35)20-26(2,3)43-23-19(22(34)30(20)23)28-16(32)11-39-15-8-6-5-7-9-15/h5-9,18-21,23H,10-13H2,1-4H3,(H,28,32)/t18-,19-,20+,21+,23-,27+/m1/s1. The molecule has 0 bridgehead atoms. The highest BCUT2D eigenvalue weighted by molar-refractivity contribution is 8.01. The van der Waals surface area contributed by atoms with E-state index in [9.17, 15) is 37.2 Å². The molecule has 1 aromatic rings. The van der Waals surface area contributed by atoms with Crippen LogP contribution in [0.4, 0.5) is 0 Å². The van der Waals surface area contributed by atoms with Crippen molar-refractivity contribution >= 4 is 57.2 Å². The van der Waals surface area contributed by atoms with Gasteiger partial charge in [-0.2, -0.15) is 0 Å². The van der Waals surface area contributed by atoms with E-state index in [2.05, 4.69) is 5.32 Å². The zero-order valence-electron chi connectivity index (χ0n) is 24.2. The van der Waals surface area contributed by atoms with Gasteiger partial charge in [-0.15, -0.1) is 11.8 Å². The third-order valence-corrected chi connectivity index (χ3v) is 12.4. The molecule has 6 atom stereocenters. The second-order valence-electron chi connectivity index (χ2n) is 11.5. The molecule has 15 nitrogen and oxygen atoms in total. The number of sulfone groups is 1. The van der Waals surface area contributed by atoms with Crippen LogP contribution < -0.4 is 10.1 Å². The first-order valence-corrected chi connectivity index (χ1v) is 16.0. The van der Waals surface area contributed by atoms with E-state index < -0.39 is 97.2 Å². The summed E-state index contributed by atoms with van der Waals surface area (Å²) < 4.78 is 44.0. The van der Waals surface area contributed by atoms with Gasteiger partial charge in [-0.1, -0.05) is 18.2 Å². The normalized spacial score (nSPS) is 30.7. The third kappa shape index (κ3) is 5.14. The summed E-state index contributed by atoms with van der Waals surface area (Å²) in [6.07, 6.45) is -0.322. The molecule has 4 aliphatic heterocycles. The van der Waals surface area contributed by atoms with Crippen molar-refractivity contribution in [2.24, 2.45) is 0 Å². The Morgan fingerprint density at radius 3 is 2.23 bits per heavy atom. The Bertz CT molecular complexity index is 1520. The van der Waals surface area contributed by atoms with Gasteiger partial charge in [0.15, 0.2) is 22.5 Å². The number of carbonyl (C=O) groups excluding carboxylic acids is 6. The molecule has 44 heavy (non-hydrogen) atoms. The number of ether oxygens (including phenoxy) is 4. The van der Waals surface area contributed by atoms with Crippen molar-refractivity contribution in [3.8, 4) is 5.75 Å². The molecule has 238 valence electrons. The van der Waals surface area contributed by atoms with Gasteiger partial charge in [0.1, 0.15) is 39.9 Å². The number of esters is 3.